The molecule has 0 saturated carbocycles. The van der Waals surface area contributed by atoms with Gasteiger partial charge in [0.05, 0.1) is 10.9 Å². The molecule has 1 N–H and O–H groups in total. The van der Waals surface area contributed by atoms with Gasteiger partial charge in [-0.2, -0.15) is 0 Å². The molecule has 1 unspecified atom stereocenters. The molecular weight excluding hydrogens is 416 g/mol. The van der Waals surface area contributed by atoms with E-state index >= 15 is 0 Å². The zero-order valence-corrected chi connectivity index (χ0v) is 18.4. The molecule has 2 heterocycles. The van der Waals surface area contributed by atoms with Gasteiger partial charge in [-0.25, -0.2) is 13.1 Å². The highest BCUT2D eigenvalue weighted by atomic mass is 32.2. The van der Waals surface area contributed by atoms with Gasteiger partial charge in [-0.15, -0.1) is 11.3 Å². The van der Waals surface area contributed by atoms with E-state index in [4.69, 9.17) is 0 Å². The lowest BCUT2D eigenvalue weighted by Crippen LogP contribution is -2.39. The van der Waals surface area contributed by atoms with Gasteiger partial charge in [-0.1, -0.05) is 43.3 Å². The van der Waals surface area contributed by atoms with Gasteiger partial charge in [0.1, 0.15) is 0 Å². The van der Waals surface area contributed by atoms with Crippen LogP contribution in [-0.2, 0) is 23.0 Å². The fourth-order valence-corrected chi connectivity index (χ4v) is 5.89. The molecule has 0 radical (unpaired) electrons. The number of carbonyl (C=O) groups is 1. The normalized spacial score (nSPS) is 16.3. The Morgan fingerprint density at radius 1 is 1.13 bits per heavy atom. The Hall–Kier alpha value is -2.48. The Morgan fingerprint density at radius 3 is 2.70 bits per heavy atom. The molecule has 0 aliphatic carbocycles. The Balaban J connectivity index is 1.55. The van der Waals surface area contributed by atoms with Gasteiger partial charge in [0.25, 0.3) is 5.91 Å². The van der Waals surface area contributed by atoms with Crippen molar-refractivity contribution in [3.05, 3.63) is 87.6 Å². The maximum absolute atomic E-state index is 13.3. The molecule has 3 aromatic rings. The molecule has 30 heavy (non-hydrogen) atoms. The van der Waals surface area contributed by atoms with Crippen molar-refractivity contribution in [3.8, 4) is 0 Å². The second-order valence-electron chi connectivity index (χ2n) is 7.31. The minimum atomic E-state index is -3.72. The van der Waals surface area contributed by atoms with Crippen LogP contribution in [0.15, 0.2) is 70.9 Å². The summed E-state index contributed by atoms with van der Waals surface area (Å²) in [7, 11) is -3.72. The maximum atomic E-state index is 13.3. The minimum absolute atomic E-state index is 0.0315. The van der Waals surface area contributed by atoms with Gasteiger partial charge in [-0.3, -0.25) is 4.79 Å². The van der Waals surface area contributed by atoms with Crippen molar-refractivity contribution in [2.24, 2.45) is 0 Å². The predicted octanol–water partition coefficient (Wildman–Crippen LogP) is 4.38. The van der Waals surface area contributed by atoms with E-state index in [0.717, 1.165) is 18.4 Å². The van der Waals surface area contributed by atoms with Crippen LogP contribution in [-0.4, -0.2) is 25.8 Å². The summed E-state index contributed by atoms with van der Waals surface area (Å²) in [6.07, 6.45) is 1.66. The SMILES string of the molecule is CCC1c2ccsc2CCN1C(=O)c1cccc(S(=O)(=O)NCc2ccccc2)c1. The topological polar surface area (TPSA) is 66.5 Å². The molecular formula is C23H24N2O3S2. The lowest BCUT2D eigenvalue weighted by atomic mass is 9.97. The average Bonchev–Trinajstić information content (AvgIpc) is 3.26. The van der Waals surface area contributed by atoms with Crippen molar-refractivity contribution in [1.29, 1.82) is 0 Å². The molecule has 156 valence electrons. The van der Waals surface area contributed by atoms with E-state index in [1.165, 1.54) is 22.6 Å². The van der Waals surface area contributed by atoms with Crippen LogP contribution in [0.4, 0.5) is 0 Å². The Kier molecular flexibility index (Phi) is 6.04. The van der Waals surface area contributed by atoms with E-state index in [-0.39, 0.29) is 23.4 Å². The Labute approximate surface area is 181 Å². The van der Waals surface area contributed by atoms with E-state index < -0.39 is 10.0 Å². The van der Waals surface area contributed by atoms with E-state index in [1.54, 1.807) is 23.5 Å². The van der Waals surface area contributed by atoms with Crippen molar-refractivity contribution in [2.75, 3.05) is 6.54 Å². The van der Waals surface area contributed by atoms with Crippen LogP contribution in [0.1, 0.15) is 45.7 Å². The van der Waals surface area contributed by atoms with Gasteiger partial charge in [0.15, 0.2) is 0 Å². The van der Waals surface area contributed by atoms with Crippen LogP contribution in [0.5, 0.6) is 0 Å². The predicted molar refractivity (Wildman–Crippen MR) is 119 cm³/mol. The van der Waals surface area contributed by atoms with Crippen LogP contribution in [0.2, 0.25) is 0 Å². The summed E-state index contributed by atoms with van der Waals surface area (Å²) in [5.74, 6) is -0.126. The molecule has 0 fully saturated rings. The molecule has 4 rings (SSSR count). The lowest BCUT2D eigenvalue weighted by molar-refractivity contribution is 0.0657. The number of nitrogens with zero attached hydrogens (tertiary/aromatic N) is 1. The fourth-order valence-electron chi connectivity index (χ4n) is 3.90. The highest BCUT2D eigenvalue weighted by Gasteiger charge is 2.31. The van der Waals surface area contributed by atoms with Gasteiger partial charge in [0, 0.05) is 23.5 Å². The zero-order valence-electron chi connectivity index (χ0n) is 16.7. The standard InChI is InChI=1S/C23H24N2O3S2/c1-2-21-20-12-14-29-22(20)11-13-25(21)23(26)18-9-6-10-19(15-18)30(27,28)24-16-17-7-4-3-5-8-17/h3-10,12,14-15,21,24H,2,11,13,16H2,1H3. The number of fused-ring (bicyclic) bond motifs is 1. The first-order valence-electron chi connectivity index (χ1n) is 10.0. The number of hydrogen-bond acceptors (Lipinski definition) is 4. The van der Waals surface area contributed by atoms with Crippen LogP contribution in [0, 0.1) is 0 Å². The number of benzene rings is 2. The average molecular weight is 441 g/mol. The third-order valence-electron chi connectivity index (χ3n) is 5.44. The summed E-state index contributed by atoms with van der Waals surface area (Å²) in [4.78, 5) is 16.6. The fraction of sp³-hybridized carbons (Fsp3) is 0.261. The summed E-state index contributed by atoms with van der Waals surface area (Å²) in [6.45, 7) is 2.92. The number of nitrogens with one attached hydrogen (secondary N) is 1. The molecule has 1 amide bonds. The van der Waals surface area contributed by atoms with Crippen molar-refractivity contribution >= 4 is 27.3 Å². The number of sulfonamides is 1. The third kappa shape index (κ3) is 4.19. The molecule has 1 aliphatic heterocycles. The first-order valence-corrected chi connectivity index (χ1v) is 12.4. The van der Waals surface area contributed by atoms with Gasteiger partial charge in [-0.05, 0) is 53.6 Å². The second-order valence-corrected chi connectivity index (χ2v) is 10.1. The molecule has 5 nitrogen and oxygen atoms in total. The molecule has 2 aromatic carbocycles. The Morgan fingerprint density at radius 2 is 1.93 bits per heavy atom. The van der Waals surface area contributed by atoms with Gasteiger partial charge in [0.2, 0.25) is 10.0 Å². The van der Waals surface area contributed by atoms with Crippen molar-refractivity contribution < 1.29 is 13.2 Å². The van der Waals surface area contributed by atoms with E-state index in [1.807, 2.05) is 35.2 Å². The number of thiophene rings is 1. The van der Waals surface area contributed by atoms with E-state index in [2.05, 4.69) is 23.1 Å². The summed E-state index contributed by atoms with van der Waals surface area (Å²) >= 11 is 1.74. The first kappa shape index (κ1) is 20.8. The van der Waals surface area contributed by atoms with Gasteiger partial charge >= 0.3 is 0 Å². The monoisotopic (exact) mass is 440 g/mol. The van der Waals surface area contributed by atoms with Crippen molar-refractivity contribution in [3.63, 3.8) is 0 Å². The van der Waals surface area contributed by atoms with E-state index in [0.29, 0.717) is 12.1 Å². The molecule has 1 atom stereocenters. The molecule has 0 spiro atoms. The summed E-state index contributed by atoms with van der Waals surface area (Å²) < 4.78 is 28.2. The third-order valence-corrected chi connectivity index (χ3v) is 7.84. The molecule has 1 aromatic heterocycles. The number of amides is 1. The zero-order chi connectivity index (χ0) is 21.1. The number of rotatable bonds is 6. The van der Waals surface area contributed by atoms with Crippen LogP contribution < -0.4 is 4.72 Å². The van der Waals surface area contributed by atoms with Gasteiger partial charge < -0.3 is 4.90 Å². The van der Waals surface area contributed by atoms with Crippen molar-refractivity contribution in [2.45, 2.75) is 37.2 Å². The smallest absolute Gasteiger partial charge is 0.254 e. The Bertz CT molecular complexity index is 1140. The van der Waals surface area contributed by atoms with Crippen LogP contribution >= 0.6 is 11.3 Å². The van der Waals surface area contributed by atoms with Crippen LogP contribution in [0.3, 0.4) is 0 Å². The molecule has 0 bridgehead atoms. The van der Waals surface area contributed by atoms with Crippen LogP contribution in [0.25, 0.3) is 0 Å². The minimum Gasteiger partial charge on any atom is -0.331 e. The summed E-state index contributed by atoms with van der Waals surface area (Å²) in [6, 6.07) is 17.8. The molecule has 1 aliphatic rings. The molecule has 7 heteroatoms. The highest BCUT2D eigenvalue weighted by Crippen LogP contribution is 2.36. The largest absolute Gasteiger partial charge is 0.331 e. The highest BCUT2D eigenvalue weighted by molar-refractivity contribution is 7.89. The lowest BCUT2D eigenvalue weighted by Gasteiger charge is -2.35. The number of carbonyl (C=O) groups excluding carboxylic acids is 1. The molecule has 0 saturated heterocycles. The summed E-state index contributed by atoms with van der Waals surface area (Å²) in [5.41, 5.74) is 2.49. The first-order chi connectivity index (χ1) is 14.5. The maximum Gasteiger partial charge on any atom is 0.254 e. The number of hydrogen-bond donors (Lipinski definition) is 1. The quantitative estimate of drug-likeness (QED) is 0.619. The second kappa shape index (κ2) is 8.71. The summed E-state index contributed by atoms with van der Waals surface area (Å²) in [5, 5.41) is 2.08. The van der Waals surface area contributed by atoms with Crippen molar-refractivity contribution in [1.82, 2.24) is 9.62 Å². The van der Waals surface area contributed by atoms with E-state index in [9.17, 15) is 13.2 Å².